The van der Waals surface area contributed by atoms with Gasteiger partial charge in [-0.25, -0.2) is 23.9 Å². The molecule has 3 fully saturated rings. The van der Waals surface area contributed by atoms with Crippen molar-refractivity contribution in [1.29, 1.82) is 0 Å². The number of aliphatic hydroxyl groups excluding tert-OH is 1. The van der Waals surface area contributed by atoms with Gasteiger partial charge >= 0.3 is 20.6 Å². The van der Waals surface area contributed by atoms with E-state index in [1.54, 1.807) is 0 Å². The molecular weight excluding hydrogens is 637 g/mol. The number of anilines is 2. The number of aliphatic hydroxyl groups is 1. The number of hydrogen-bond donors (Lipinski definition) is 5. The number of hydrogen-bond acceptors (Lipinski definition) is 16. The van der Waals surface area contributed by atoms with Crippen molar-refractivity contribution >= 4 is 60.7 Å². The summed E-state index contributed by atoms with van der Waals surface area (Å²) < 4.78 is 65.4. The van der Waals surface area contributed by atoms with Crippen LogP contribution in [0.25, 0.3) is 22.3 Å². The van der Waals surface area contributed by atoms with Crippen LogP contribution in [0.4, 0.5) is 16.0 Å². The molecule has 228 valence electrons. The summed E-state index contributed by atoms with van der Waals surface area (Å²) in [6.45, 7) is -5.19. The van der Waals surface area contributed by atoms with Crippen LogP contribution in [0.1, 0.15) is 12.5 Å². The van der Waals surface area contributed by atoms with Crippen molar-refractivity contribution < 1.29 is 51.1 Å². The van der Waals surface area contributed by atoms with Crippen LogP contribution >= 0.6 is 15.0 Å². The minimum atomic E-state index is -4.17. The van der Waals surface area contributed by atoms with Crippen molar-refractivity contribution in [1.82, 2.24) is 34.5 Å². The van der Waals surface area contributed by atoms with Crippen LogP contribution in [0, 0.1) is 0 Å². The Bertz CT molecular complexity index is 1770. The van der Waals surface area contributed by atoms with Crippen LogP contribution in [0.3, 0.4) is 0 Å². The van der Waals surface area contributed by atoms with Crippen LogP contribution in [-0.4, -0.2) is 94.4 Å². The third-order valence-corrected chi connectivity index (χ3v) is 9.51. The number of aromatic nitrogens is 8. The molecule has 0 aromatic carbocycles. The molecule has 43 heavy (non-hydrogen) atoms. The molecule has 2 bridgehead atoms. The summed E-state index contributed by atoms with van der Waals surface area (Å²) in [5.41, 5.74) is 12.8. The third-order valence-electron chi connectivity index (χ3n) is 7.17. The Morgan fingerprint density at radius 3 is 2.74 bits per heavy atom. The van der Waals surface area contributed by atoms with Crippen molar-refractivity contribution in [2.24, 2.45) is 0 Å². The Morgan fingerprint density at radius 1 is 1.12 bits per heavy atom. The average molecular weight is 660 g/mol. The highest BCUT2D eigenvalue weighted by Crippen LogP contribution is 2.51. The van der Waals surface area contributed by atoms with Gasteiger partial charge in [0.1, 0.15) is 36.8 Å². The Morgan fingerprint density at radius 2 is 1.91 bits per heavy atom. The van der Waals surface area contributed by atoms with E-state index in [0.29, 0.717) is 11.2 Å². The lowest BCUT2D eigenvalue weighted by molar-refractivity contribution is -0.744. The summed E-state index contributed by atoms with van der Waals surface area (Å²) in [4.78, 5) is 34.1. The van der Waals surface area contributed by atoms with E-state index in [-0.39, 0.29) is 22.8 Å². The third kappa shape index (κ3) is 5.05. The summed E-state index contributed by atoms with van der Waals surface area (Å²) in [6.07, 6.45) is -6.01. The van der Waals surface area contributed by atoms with Crippen LogP contribution in [0.15, 0.2) is 25.3 Å². The molecule has 4 aromatic heterocycles. The van der Waals surface area contributed by atoms with E-state index in [4.69, 9.17) is 50.8 Å². The van der Waals surface area contributed by atoms with Gasteiger partial charge in [0, 0.05) is 4.57 Å². The molecule has 0 saturated carbocycles. The van der Waals surface area contributed by atoms with Gasteiger partial charge in [-0.05, 0) is 11.8 Å². The van der Waals surface area contributed by atoms with Gasteiger partial charge in [0.15, 0.2) is 54.5 Å². The largest absolute Gasteiger partial charge is 0.697 e. The molecule has 7 heterocycles. The average Bonchev–Trinajstić information content (AvgIpc) is 3.73. The van der Waals surface area contributed by atoms with E-state index in [9.17, 15) is 14.6 Å². The molecule has 0 aliphatic carbocycles. The number of nitrogens with one attached hydrogen (secondary N) is 1. The molecule has 0 radical (unpaired) electrons. The number of aromatic amines is 1. The molecule has 10 unspecified atom stereocenters. The molecule has 0 amide bonds. The molecule has 19 nitrogen and oxygen atoms in total. The highest BCUT2D eigenvalue weighted by Gasteiger charge is 2.55. The topological polar surface area (TPSA) is 254 Å². The highest BCUT2D eigenvalue weighted by molar-refractivity contribution is 8.07. The molecule has 3 aliphatic heterocycles. The smallest absolute Gasteiger partial charge is 0.387 e. The summed E-state index contributed by atoms with van der Waals surface area (Å²) in [6, 6.07) is 0. The zero-order valence-corrected chi connectivity index (χ0v) is 24.2. The Kier molecular flexibility index (Phi) is 7.30. The number of alkyl halides is 1. The normalized spacial score (nSPS) is 36.3. The quantitative estimate of drug-likeness (QED) is 0.133. The van der Waals surface area contributed by atoms with Crippen molar-refractivity contribution in [2.45, 2.75) is 49.1 Å². The van der Waals surface area contributed by atoms with Crippen LogP contribution in [0.5, 0.6) is 0 Å². The van der Waals surface area contributed by atoms with Crippen LogP contribution in [0.2, 0.25) is 0 Å². The Labute approximate surface area is 245 Å². The molecule has 23 heteroatoms. The summed E-state index contributed by atoms with van der Waals surface area (Å²) in [5, 5.41) is 11.1. The Balaban J connectivity index is 1.18. The second-order valence-corrected chi connectivity index (χ2v) is 13.4. The van der Waals surface area contributed by atoms with Gasteiger partial charge < -0.3 is 35.5 Å². The van der Waals surface area contributed by atoms with Gasteiger partial charge in [0.05, 0.1) is 12.9 Å². The SMILES string of the molecule is Nc1ncnc2c1ncn2C1OC2COP(O)(=S)OC3C(O)C(CO[P+](=O)OC2C1F)OC3[n+]1c[nH]c2c(N)ncnc21. The molecule has 7 N–H and O–H groups in total. The number of nitrogens with zero attached hydrogens (tertiary/aromatic N) is 7. The first-order valence-electron chi connectivity index (χ1n) is 12.6. The number of halogens is 1. The first kappa shape index (κ1) is 28.8. The van der Waals surface area contributed by atoms with Gasteiger partial charge in [-0.2, -0.15) is 4.98 Å². The van der Waals surface area contributed by atoms with Crippen LogP contribution in [-0.2, 0) is 43.9 Å². The number of rotatable bonds is 2. The molecular formula is C20H23FN10O9P2S+2. The number of H-pyrrole nitrogens is 1. The summed E-state index contributed by atoms with van der Waals surface area (Å²) in [5.74, 6) is 0.231. The lowest BCUT2D eigenvalue weighted by atomic mass is 10.1. The van der Waals surface area contributed by atoms with Crippen molar-refractivity contribution in [3.8, 4) is 0 Å². The van der Waals surface area contributed by atoms with Crippen molar-refractivity contribution in [3.05, 3.63) is 25.3 Å². The second kappa shape index (κ2) is 10.9. The standard InChI is InChI=1S/C20H21FN10O9P2S/c21-9-13-8(38-19(9)30-5-28-10-15(22)24-3-26-17(10)30)2-36-42(34,43)40-14-12(32)7(1-35-41(33)39-13)37-20(14)31-6-29-11-16(23)25-4-27-18(11)31/h3-9,12-14,19-20,32H,1-2H2,(H4-,22,23,24,25,26,27,34,43)/p+2. The van der Waals surface area contributed by atoms with E-state index in [1.165, 1.54) is 34.4 Å². The predicted molar refractivity (Wildman–Crippen MR) is 143 cm³/mol. The van der Waals surface area contributed by atoms with E-state index >= 15 is 4.39 Å². The maximum Gasteiger partial charge on any atom is 0.697 e. The fourth-order valence-corrected chi connectivity index (χ4v) is 7.35. The maximum absolute atomic E-state index is 15.9. The first-order valence-corrected chi connectivity index (χ1v) is 16.3. The van der Waals surface area contributed by atoms with Crippen molar-refractivity contribution in [2.75, 3.05) is 24.7 Å². The number of nitrogens with two attached hydrogens (primary N) is 2. The van der Waals surface area contributed by atoms with Crippen molar-refractivity contribution in [3.63, 3.8) is 0 Å². The highest BCUT2D eigenvalue weighted by atomic mass is 32.5. The molecule has 3 saturated heterocycles. The number of imidazole rings is 2. The minimum Gasteiger partial charge on any atom is -0.387 e. The van der Waals surface area contributed by atoms with E-state index in [0.717, 1.165) is 0 Å². The van der Waals surface area contributed by atoms with Gasteiger partial charge in [-0.1, -0.05) is 4.98 Å². The monoisotopic (exact) mass is 660 g/mol. The molecule has 10 atom stereocenters. The number of ether oxygens (including phenoxy) is 2. The van der Waals surface area contributed by atoms with Gasteiger partial charge in [-0.15, -0.1) is 9.05 Å². The minimum absolute atomic E-state index is 0.0768. The summed E-state index contributed by atoms with van der Waals surface area (Å²) >= 11 is 5.24. The number of fused-ring (bicyclic) bond motifs is 5. The zero-order chi connectivity index (χ0) is 30.0. The lowest BCUT2D eigenvalue weighted by Crippen LogP contribution is -2.46. The lowest BCUT2D eigenvalue weighted by Gasteiger charge is -2.25. The first-order chi connectivity index (χ1) is 20.6. The number of nitrogen functional groups attached to an aromatic ring is 2. The Hall–Kier alpha value is -2.94. The summed E-state index contributed by atoms with van der Waals surface area (Å²) in [7, 11) is -2.97. The van der Waals surface area contributed by atoms with Gasteiger partial charge in [-0.3, -0.25) is 14.1 Å². The molecule has 0 spiro atoms. The van der Waals surface area contributed by atoms with Gasteiger partial charge in [0.25, 0.3) is 0 Å². The zero-order valence-electron chi connectivity index (χ0n) is 21.6. The second-order valence-electron chi connectivity index (χ2n) is 9.71. The van der Waals surface area contributed by atoms with Gasteiger partial charge in [0.2, 0.25) is 11.7 Å². The van der Waals surface area contributed by atoms with E-state index in [2.05, 4.69) is 29.9 Å². The van der Waals surface area contributed by atoms with Crippen LogP contribution < -0.4 is 16.0 Å². The molecule has 3 aliphatic rings. The molecule has 4 aromatic rings. The fraction of sp³-hybridized carbons (Fsp3) is 0.500. The predicted octanol–water partition coefficient (Wildman–Crippen LogP) is -0.565. The fourth-order valence-electron chi connectivity index (χ4n) is 5.16. The van der Waals surface area contributed by atoms with E-state index in [1.807, 2.05) is 0 Å². The molecule has 7 rings (SSSR count). The maximum atomic E-state index is 15.9. The van der Waals surface area contributed by atoms with E-state index < -0.39 is 77.3 Å².